The van der Waals surface area contributed by atoms with Gasteiger partial charge in [-0.05, 0) is 5.56 Å². The van der Waals surface area contributed by atoms with Crippen LogP contribution >= 0.6 is 0 Å². The van der Waals surface area contributed by atoms with Crippen molar-refractivity contribution in [2.45, 2.75) is 25.1 Å². The largest absolute Gasteiger partial charge is 0.460 e. The molecule has 2 bridgehead atoms. The van der Waals surface area contributed by atoms with Crippen molar-refractivity contribution in [1.29, 1.82) is 0 Å². The number of ether oxygens (including phenoxy) is 2. The first-order valence-corrected chi connectivity index (χ1v) is 8.14. The molecule has 7 heteroatoms. The van der Waals surface area contributed by atoms with E-state index in [0.717, 1.165) is 5.56 Å². The molecule has 1 unspecified atom stereocenters. The summed E-state index contributed by atoms with van der Waals surface area (Å²) in [6, 6.07) is 8.30. The molecule has 0 aromatic heterocycles. The maximum absolute atomic E-state index is 12.4. The number of urea groups is 1. The fourth-order valence-corrected chi connectivity index (χ4v) is 3.15. The molecule has 2 aliphatic rings. The van der Waals surface area contributed by atoms with E-state index in [1.54, 1.807) is 0 Å². The topological polar surface area (TPSA) is 76.2 Å². The quantitative estimate of drug-likeness (QED) is 0.551. The number of carbonyl (C=O) groups excluding carboxylic acids is 3. The van der Waals surface area contributed by atoms with Gasteiger partial charge in [0.05, 0.1) is 6.04 Å². The van der Waals surface area contributed by atoms with Gasteiger partial charge < -0.3 is 19.3 Å². The summed E-state index contributed by atoms with van der Waals surface area (Å²) in [5.74, 6) is -0.890. The Kier molecular flexibility index (Phi) is 5.02. The zero-order valence-electron chi connectivity index (χ0n) is 13.8. The second kappa shape index (κ2) is 7.38. The molecule has 0 aliphatic carbocycles. The van der Waals surface area contributed by atoms with Crippen LogP contribution in [0.25, 0.3) is 0 Å². The fraction of sp³-hybridized carbons (Fsp3) is 0.389. The molecule has 0 N–H and O–H groups in total. The van der Waals surface area contributed by atoms with Gasteiger partial charge in [0.25, 0.3) is 0 Å². The van der Waals surface area contributed by atoms with Crippen molar-refractivity contribution >= 4 is 18.0 Å². The molecule has 3 rings (SSSR count). The highest BCUT2D eigenvalue weighted by molar-refractivity contribution is 5.89. The predicted octanol–water partition coefficient (Wildman–Crippen LogP) is 1.34. The molecule has 2 atom stereocenters. The number of hydrogen-bond acceptors (Lipinski definition) is 5. The van der Waals surface area contributed by atoms with E-state index in [9.17, 15) is 14.4 Å². The molecule has 2 aliphatic heterocycles. The normalized spacial score (nSPS) is 21.4. The highest BCUT2D eigenvalue weighted by Gasteiger charge is 2.52. The minimum absolute atomic E-state index is 0.111. The Labute approximate surface area is 145 Å². The first-order valence-electron chi connectivity index (χ1n) is 8.14. The summed E-state index contributed by atoms with van der Waals surface area (Å²) in [6.07, 6.45) is 1.94. The molecule has 25 heavy (non-hydrogen) atoms. The van der Waals surface area contributed by atoms with E-state index >= 15 is 0 Å². The number of nitrogens with zero attached hydrogens (tertiary/aromatic N) is 2. The van der Waals surface area contributed by atoms with E-state index in [2.05, 4.69) is 6.58 Å². The molecule has 132 valence electrons. The van der Waals surface area contributed by atoms with E-state index in [0.29, 0.717) is 13.0 Å². The van der Waals surface area contributed by atoms with Crippen LogP contribution in [0.5, 0.6) is 0 Å². The molecule has 0 saturated carbocycles. The Bertz CT molecular complexity index is 675. The monoisotopic (exact) mass is 344 g/mol. The Morgan fingerprint density at radius 1 is 1.24 bits per heavy atom. The van der Waals surface area contributed by atoms with Gasteiger partial charge in [-0.3, -0.25) is 4.79 Å². The van der Waals surface area contributed by atoms with Crippen molar-refractivity contribution in [1.82, 2.24) is 9.80 Å². The number of esters is 2. The minimum Gasteiger partial charge on any atom is -0.460 e. The Morgan fingerprint density at radius 2 is 2.00 bits per heavy atom. The van der Waals surface area contributed by atoms with Gasteiger partial charge in [-0.1, -0.05) is 43.0 Å². The summed E-state index contributed by atoms with van der Waals surface area (Å²) in [7, 11) is 0. The first kappa shape index (κ1) is 17.0. The molecule has 2 amide bonds. The maximum atomic E-state index is 12.4. The standard InChI is InChI=1S/C18H20N2O5/c1-2-8-24-16(21)11-19-14-9-15(20(10-14)18(19)23)17(22)25-12-13-6-4-3-5-7-13/h2-7,14-15H,1,8-12H2/t14-,15?/m0/s1. The predicted molar refractivity (Wildman–Crippen MR) is 88.4 cm³/mol. The summed E-state index contributed by atoms with van der Waals surface area (Å²) >= 11 is 0. The second-order valence-electron chi connectivity index (χ2n) is 6.03. The van der Waals surface area contributed by atoms with Gasteiger partial charge in [0.1, 0.15) is 25.8 Å². The third-order valence-electron chi connectivity index (χ3n) is 4.37. The Morgan fingerprint density at radius 3 is 2.68 bits per heavy atom. The Balaban J connectivity index is 1.53. The highest BCUT2D eigenvalue weighted by atomic mass is 16.5. The number of hydrogen-bond donors (Lipinski definition) is 0. The van der Waals surface area contributed by atoms with E-state index < -0.39 is 18.0 Å². The van der Waals surface area contributed by atoms with E-state index in [4.69, 9.17) is 9.47 Å². The van der Waals surface area contributed by atoms with Crippen LogP contribution in [0.2, 0.25) is 0 Å². The van der Waals surface area contributed by atoms with Crippen LogP contribution in [0.3, 0.4) is 0 Å². The summed E-state index contributed by atoms with van der Waals surface area (Å²) in [5, 5.41) is 0. The van der Waals surface area contributed by atoms with E-state index in [1.807, 2.05) is 30.3 Å². The third kappa shape index (κ3) is 3.65. The third-order valence-corrected chi connectivity index (χ3v) is 4.37. The van der Waals surface area contributed by atoms with Gasteiger partial charge in [0.2, 0.25) is 0 Å². The van der Waals surface area contributed by atoms with Gasteiger partial charge >= 0.3 is 18.0 Å². The molecule has 2 saturated heterocycles. The lowest BCUT2D eigenvalue weighted by Crippen LogP contribution is -2.50. The lowest BCUT2D eigenvalue weighted by atomic mass is 10.1. The summed E-state index contributed by atoms with van der Waals surface area (Å²) in [4.78, 5) is 39.3. The molecular formula is C18H20N2O5. The summed E-state index contributed by atoms with van der Waals surface area (Å²) in [5.41, 5.74) is 0.895. The minimum atomic E-state index is -0.582. The lowest BCUT2D eigenvalue weighted by Gasteiger charge is -2.30. The molecule has 1 aromatic carbocycles. The summed E-state index contributed by atoms with van der Waals surface area (Å²) < 4.78 is 10.2. The molecule has 0 spiro atoms. The van der Waals surface area contributed by atoms with Crippen LogP contribution in [0, 0.1) is 0 Å². The van der Waals surface area contributed by atoms with Crippen molar-refractivity contribution < 1.29 is 23.9 Å². The van der Waals surface area contributed by atoms with Crippen LogP contribution in [-0.2, 0) is 25.7 Å². The molecule has 0 radical (unpaired) electrons. The van der Waals surface area contributed by atoms with Gasteiger partial charge in [-0.15, -0.1) is 0 Å². The van der Waals surface area contributed by atoms with Crippen LogP contribution < -0.4 is 0 Å². The highest BCUT2D eigenvalue weighted by Crippen LogP contribution is 2.32. The maximum Gasteiger partial charge on any atom is 0.329 e. The average molecular weight is 344 g/mol. The molecule has 2 heterocycles. The van der Waals surface area contributed by atoms with E-state index in [1.165, 1.54) is 15.9 Å². The van der Waals surface area contributed by atoms with Gasteiger partial charge in [-0.2, -0.15) is 0 Å². The Hall–Kier alpha value is -2.83. The van der Waals surface area contributed by atoms with Gasteiger partial charge in [-0.25, -0.2) is 9.59 Å². The van der Waals surface area contributed by atoms with Crippen LogP contribution in [0.15, 0.2) is 43.0 Å². The SMILES string of the molecule is C=CCOC(=O)CN1C(=O)N2C[C@@H]1CC2C(=O)OCc1ccccc1. The zero-order chi connectivity index (χ0) is 17.8. The van der Waals surface area contributed by atoms with Crippen molar-refractivity contribution in [2.24, 2.45) is 0 Å². The smallest absolute Gasteiger partial charge is 0.329 e. The number of carbonyl (C=O) groups is 3. The van der Waals surface area contributed by atoms with Crippen molar-refractivity contribution in [3.63, 3.8) is 0 Å². The number of amides is 2. The van der Waals surface area contributed by atoms with Crippen molar-refractivity contribution in [2.75, 3.05) is 19.7 Å². The molecule has 1 aromatic rings. The zero-order valence-corrected chi connectivity index (χ0v) is 13.8. The number of rotatable bonds is 7. The second-order valence-corrected chi connectivity index (χ2v) is 6.03. The summed E-state index contributed by atoms with van der Waals surface area (Å²) in [6.45, 7) is 4.08. The molecule has 2 fully saturated rings. The average Bonchev–Trinajstić information content (AvgIpc) is 3.18. The van der Waals surface area contributed by atoms with Crippen LogP contribution in [-0.4, -0.2) is 59.5 Å². The molecule has 7 nitrogen and oxygen atoms in total. The number of fused-ring (bicyclic) bond motifs is 2. The fourth-order valence-electron chi connectivity index (χ4n) is 3.15. The van der Waals surface area contributed by atoms with Crippen molar-refractivity contribution in [3.8, 4) is 0 Å². The van der Waals surface area contributed by atoms with E-state index in [-0.39, 0.29) is 31.8 Å². The number of benzene rings is 1. The van der Waals surface area contributed by atoms with Crippen LogP contribution in [0.1, 0.15) is 12.0 Å². The van der Waals surface area contributed by atoms with Crippen LogP contribution in [0.4, 0.5) is 4.79 Å². The molecular weight excluding hydrogens is 324 g/mol. The van der Waals surface area contributed by atoms with Gasteiger partial charge in [0, 0.05) is 13.0 Å². The first-order chi connectivity index (χ1) is 12.1. The lowest BCUT2D eigenvalue weighted by molar-refractivity contribution is -0.150. The van der Waals surface area contributed by atoms with Gasteiger partial charge in [0.15, 0.2) is 0 Å². The van der Waals surface area contributed by atoms with Crippen molar-refractivity contribution in [3.05, 3.63) is 48.6 Å².